The molecule has 0 saturated carbocycles. The fourth-order valence-electron chi connectivity index (χ4n) is 1.80. The molecule has 0 spiro atoms. The summed E-state index contributed by atoms with van der Waals surface area (Å²) in [6, 6.07) is 7.90. The largest absolute Gasteiger partial charge is 0.475 e. The Morgan fingerprint density at radius 1 is 1.47 bits per heavy atom. The quantitative estimate of drug-likeness (QED) is 0.894. The SMILES string of the molecule is CCCNC(=O)CC1(C)Oc2ccccc2S1. The van der Waals surface area contributed by atoms with Crippen LogP contribution in [0.4, 0.5) is 0 Å². The summed E-state index contributed by atoms with van der Waals surface area (Å²) in [6.45, 7) is 4.73. The van der Waals surface area contributed by atoms with Crippen molar-refractivity contribution in [2.75, 3.05) is 6.54 Å². The molecule has 1 aromatic rings. The number of rotatable bonds is 4. The average molecular weight is 251 g/mol. The van der Waals surface area contributed by atoms with Crippen LogP contribution in [-0.2, 0) is 4.79 Å². The molecule has 1 aliphatic rings. The Morgan fingerprint density at radius 2 is 2.24 bits per heavy atom. The number of amides is 1. The smallest absolute Gasteiger partial charge is 0.224 e. The summed E-state index contributed by atoms with van der Waals surface area (Å²) in [5, 5.41) is 2.88. The van der Waals surface area contributed by atoms with Crippen molar-refractivity contribution < 1.29 is 9.53 Å². The zero-order chi connectivity index (χ0) is 12.3. The lowest BCUT2D eigenvalue weighted by Gasteiger charge is -2.22. The van der Waals surface area contributed by atoms with Gasteiger partial charge in [0.25, 0.3) is 0 Å². The highest BCUT2D eigenvalue weighted by Gasteiger charge is 2.37. The number of hydrogen-bond donors (Lipinski definition) is 1. The molecule has 92 valence electrons. The van der Waals surface area contributed by atoms with E-state index in [2.05, 4.69) is 5.32 Å². The Labute approximate surface area is 106 Å². The van der Waals surface area contributed by atoms with Crippen molar-refractivity contribution in [3.63, 3.8) is 0 Å². The monoisotopic (exact) mass is 251 g/mol. The first-order valence-corrected chi connectivity index (χ1v) is 6.68. The van der Waals surface area contributed by atoms with Crippen LogP contribution in [0.5, 0.6) is 5.75 Å². The van der Waals surface area contributed by atoms with Crippen LogP contribution in [0.25, 0.3) is 0 Å². The molecule has 1 aromatic carbocycles. The third kappa shape index (κ3) is 2.94. The molecule has 17 heavy (non-hydrogen) atoms. The minimum absolute atomic E-state index is 0.0506. The predicted molar refractivity (Wildman–Crippen MR) is 69.2 cm³/mol. The van der Waals surface area contributed by atoms with Gasteiger partial charge in [0.2, 0.25) is 5.91 Å². The molecule has 0 aromatic heterocycles. The minimum atomic E-state index is -0.471. The van der Waals surface area contributed by atoms with E-state index in [0.717, 1.165) is 23.6 Å². The van der Waals surface area contributed by atoms with Gasteiger partial charge in [-0.3, -0.25) is 4.79 Å². The number of para-hydroxylation sites is 1. The topological polar surface area (TPSA) is 38.3 Å². The highest BCUT2D eigenvalue weighted by atomic mass is 32.2. The maximum Gasteiger partial charge on any atom is 0.224 e. The van der Waals surface area contributed by atoms with E-state index in [-0.39, 0.29) is 5.91 Å². The van der Waals surface area contributed by atoms with E-state index >= 15 is 0 Å². The van der Waals surface area contributed by atoms with Gasteiger partial charge in [0, 0.05) is 6.54 Å². The third-order valence-electron chi connectivity index (χ3n) is 2.55. The van der Waals surface area contributed by atoms with E-state index in [4.69, 9.17) is 4.74 Å². The molecule has 1 heterocycles. The van der Waals surface area contributed by atoms with E-state index in [9.17, 15) is 4.79 Å². The van der Waals surface area contributed by atoms with Gasteiger partial charge in [-0.25, -0.2) is 0 Å². The molecule has 1 atom stereocenters. The van der Waals surface area contributed by atoms with Crippen LogP contribution in [0.2, 0.25) is 0 Å². The van der Waals surface area contributed by atoms with Crippen molar-refractivity contribution in [1.29, 1.82) is 0 Å². The van der Waals surface area contributed by atoms with E-state index in [1.165, 1.54) is 0 Å². The van der Waals surface area contributed by atoms with Gasteiger partial charge in [-0.2, -0.15) is 0 Å². The molecule has 1 aliphatic heterocycles. The van der Waals surface area contributed by atoms with Crippen molar-refractivity contribution in [2.45, 2.75) is 36.5 Å². The number of thioether (sulfide) groups is 1. The average Bonchev–Trinajstić information content (AvgIpc) is 2.61. The van der Waals surface area contributed by atoms with Gasteiger partial charge in [-0.05, 0) is 25.5 Å². The van der Waals surface area contributed by atoms with Crippen molar-refractivity contribution in [3.8, 4) is 5.75 Å². The van der Waals surface area contributed by atoms with Gasteiger partial charge >= 0.3 is 0 Å². The maximum atomic E-state index is 11.7. The number of carbonyl (C=O) groups excluding carboxylic acids is 1. The van der Waals surface area contributed by atoms with Crippen molar-refractivity contribution in [1.82, 2.24) is 5.32 Å². The summed E-state index contributed by atoms with van der Waals surface area (Å²) >= 11 is 1.62. The Morgan fingerprint density at radius 3 is 2.94 bits per heavy atom. The molecule has 0 fully saturated rings. The standard InChI is InChI=1S/C13H17NO2S/c1-3-8-14-12(15)9-13(2)16-10-6-4-5-7-11(10)17-13/h4-7H,3,8-9H2,1-2H3,(H,14,15). The molecular formula is C13H17NO2S. The van der Waals surface area contributed by atoms with Crippen LogP contribution in [0.15, 0.2) is 29.2 Å². The van der Waals surface area contributed by atoms with Gasteiger partial charge < -0.3 is 10.1 Å². The molecular weight excluding hydrogens is 234 g/mol. The Hall–Kier alpha value is -1.16. The fraction of sp³-hybridized carbons (Fsp3) is 0.462. The Bertz CT molecular complexity index is 395. The van der Waals surface area contributed by atoms with Crippen LogP contribution in [0.1, 0.15) is 26.7 Å². The molecule has 0 radical (unpaired) electrons. The van der Waals surface area contributed by atoms with Gasteiger partial charge in [-0.1, -0.05) is 30.8 Å². The summed E-state index contributed by atoms with van der Waals surface area (Å²) in [4.78, 5) is 12.3. The fourth-order valence-corrected chi connectivity index (χ4v) is 2.95. The molecule has 0 aliphatic carbocycles. The zero-order valence-corrected chi connectivity index (χ0v) is 11.0. The summed E-state index contributed by atoms with van der Waals surface area (Å²) in [6.07, 6.45) is 1.34. The lowest BCUT2D eigenvalue weighted by Crippen LogP contribution is -2.34. The molecule has 1 unspecified atom stereocenters. The first kappa shape index (κ1) is 12.3. The molecule has 0 saturated heterocycles. The van der Waals surface area contributed by atoms with Crippen LogP contribution >= 0.6 is 11.8 Å². The van der Waals surface area contributed by atoms with Gasteiger partial charge in [0.15, 0.2) is 4.93 Å². The summed E-state index contributed by atoms with van der Waals surface area (Å²) in [5.74, 6) is 0.929. The Kier molecular flexibility index (Phi) is 3.62. The molecule has 1 N–H and O–H groups in total. The summed E-state index contributed by atoms with van der Waals surface area (Å²) in [5.41, 5.74) is 0. The van der Waals surface area contributed by atoms with Crippen LogP contribution in [0, 0.1) is 0 Å². The predicted octanol–water partition coefficient (Wildman–Crippen LogP) is 2.80. The normalized spacial score (nSPS) is 21.8. The number of benzene rings is 1. The maximum absolute atomic E-state index is 11.7. The minimum Gasteiger partial charge on any atom is -0.475 e. The second-order valence-electron chi connectivity index (χ2n) is 4.31. The highest BCUT2D eigenvalue weighted by molar-refractivity contribution is 8.00. The first-order chi connectivity index (χ1) is 8.13. The van der Waals surface area contributed by atoms with Gasteiger partial charge in [0.05, 0.1) is 11.3 Å². The van der Waals surface area contributed by atoms with Crippen LogP contribution in [-0.4, -0.2) is 17.4 Å². The lowest BCUT2D eigenvalue weighted by atomic mass is 10.2. The Balaban J connectivity index is 1.97. The highest BCUT2D eigenvalue weighted by Crippen LogP contribution is 2.48. The molecule has 3 nitrogen and oxygen atoms in total. The zero-order valence-electron chi connectivity index (χ0n) is 10.2. The van der Waals surface area contributed by atoms with Crippen molar-refractivity contribution in [3.05, 3.63) is 24.3 Å². The first-order valence-electron chi connectivity index (χ1n) is 5.87. The van der Waals surface area contributed by atoms with Crippen LogP contribution < -0.4 is 10.1 Å². The summed E-state index contributed by atoms with van der Waals surface area (Å²) < 4.78 is 5.85. The van der Waals surface area contributed by atoms with Gasteiger partial charge in [-0.15, -0.1) is 0 Å². The number of ether oxygens (including phenoxy) is 1. The van der Waals surface area contributed by atoms with E-state index < -0.39 is 4.93 Å². The second-order valence-corrected chi connectivity index (χ2v) is 5.82. The van der Waals surface area contributed by atoms with E-state index in [1.54, 1.807) is 11.8 Å². The third-order valence-corrected chi connectivity index (χ3v) is 3.77. The lowest BCUT2D eigenvalue weighted by molar-refractivity contribution is -0.122. The summed E-state index contributed by atoms with van der Waals surface area (Å²) in [7, 11) is 0. The molecule has 0 bridgehead atoms. The number of fused-ring (bicyclic) bond motifs is 1. The molecule has 1 amide bonds. The number of nitrogens with one attached hydrogen (secondary N) is 1. The number of hydrogen-bond acceptors (Lipinski definition) is 3. The number of carbonyl (C=O) groups is 1. The van der Waals surface area contributed by atoms with Crippen molar-refractivity contribution >= 4 is 17.7 Å². The van der Waals surface area contributed by atoms with E-state index in [1.807, 2.05) is 38.1 Å². The molecule has 4 heteroatoms. The van der Waals surface area contributed by atoms with E-state index in [0.29, 0.717) is 6.42 Å². The molecule has 2 rings (SSSR count). The van der Waals surface area contributed by atoms with Crippen LogP contribution in [0.3, 0.4) is 0 Å². The van der Waals surface area contributed by atoms with Crippen molar-refractivity contribution in [2.24, 2.45) is 0 Å². The second kappa shape index (κ2) is 5.00. The van der Waals surface area contributed by atoms with Gasteiger partial charge in [0.1, 0.15) is 5.75 Å².